The quantitative estimate of drug-likeness (QED) is 0.600. The molecule has 0 saturated carbocycles. The summed E-state index contributed by atoms with van der Waals surface area (Å²) in [5, 5.41) is 9.34. The van der Waals surface area contributed by atoms with Crippen LogP contribution in [0.4, 0.5) is 0 Å². The van der Waals surface area contributed by atoms with Gasteiger partial charge in [0.15, 0.2) is 0 Å². The molecule has 90 valence electrons. The number of nitrogens with two attached hydrogens (primary N) is 1. The zero-order valence-corrected chi connectivity index (χ0v) is 9.57. The Bertz CT molecular complexity index is 298. The fourth-order valence-corrected chi connectivity index (χ4v) is 1.38. The maximum atomic E-state index is 11.6. The van der Waals surface area contributed by atoms with Crippen LogP contribution in [0.15, 0.2) is 6.33 Å². The van der Waals surface area contributed by atoms with E-state index in [-0.39, 0.29) is 11.8 Å². The molecule has 0 aliphatic heterocycles. The smallest absolute Gasteiger partial charge is 0.222 e. The molecule has 4 N–H and O–H groups in total. The highest BCUT2D eigenvalue weighted by molar-refractivity contribution is 5.78. The van der Waals surface area contributed by atoms with Crippen LogP contribution in [0.1, 0.15) is 25.6 Å². The van der Waals surface area contributed by atoms with Crippen LogP contribution in [0.3, 0.4) is 0 Å². The van der Waals surface area contributed by atoms with Crippen LogP contribution in [-0.4, -0.2) is 34.2 Å². The Morgan fingerprint density at radius 1 is 1.69 bits per heavy atom. The van der Waals surface area contributed by atoms with Gasteiger partial charge in [-0.15, -0.1) is 0 Å². The summed E-state index contributed by atoms with van der Waals surface area (Å²) in [6.45, 7) is 3.14. The molecular weight excluding hydrogens is 206 g/mol. The molecule has 0 saturated heterocycles. The molecule has 1 atom stereocenters. The number of carbonyl (C=O) groups excluding carboxylic acids is 1. The molecule has 16 heavy (non-hydrogen) atoms. The van der Waals surface area contributed by atoms with Crippen LogP contribution in [0, 0.1) is 5.92 Å². The number of amides is 1. The monoisotopic (exact) mass is 225 g/mol. The Kier molecular flexibility index (Phi) is 5.49. The molecule has 0 aromatic carbocycles. The number of H-pyrrole nitrogens is 1. The molecule has 6 nitrogen and oxygen atoms in total. The lowest BCUT2D eigenvalue weighted by molar-refractivity contribution is -0.124. The minimum absolute atomic E-state index is 0.0262. The van der Waals surface area contributed by atoms with E-state index in [0.29, 0.717) is 19.5 Å². The van der Waals surface area contributed by atoms with Crippen LogP contribution in [0.5, 0.6) is 0 Å². The molecule has 0 aliphatic carbocycles. The van der Waals surface area contributed by atoms with Gasteiger partial charge in [0, 0.05) is 18.9 Å². The maximum absolute atomic E-state index is 11.6. The van der Waals surface area contributed by atoms with E-state index in [0.717, 1.165) is 18.7 Å². The van der Waals surface area contributed by atoms with Gasteiger partial charge in [-0.25, -0.2) is 4.98 Å². The second-order valence-electron chi connectivity index (χ2n) is 3.81. The van der Waals surface area contributed by atoms with Gasteiger partial charge in [-0.2, -0.15) is 5.10 Å². The average molecular weight is 225 g/mol. The largest absolute Gasteiger partial charge is 0.355 e. The predicted molar refractivity (Wildman–Crippen MR) is 60.5 cm³/mol. The average Bonchev–Trinajstić information content (AvgIpc) is 2.78. The number of hydrogen-bond acceptors (Lipinski definition) is 4. The Labute approximate surface area is 95.0 Å². The van der Waals surface area contributed by atoms with Crippen molar-refractivity contribution in [2.75, 3.05) is 13.1 Å². The molecule has 1 amide bonds. The number of nitrogens with zero attached hydrogens (tertiary/aromatic N) is 2. The van der Waals surface area contributed by atoms with E-state index in [9.17, 15) is 4.79 Å². The molecule has 0 bridgehead atoms. The number of carbonyl (C=O) groups is 1. The molecule has 0 spiro atoms. The molecular formula is C10H19N5O. The van der Waals surface area contributed by atoms with E-state index in [1.54, 1.807) is 0 Å². The van der Waals surface area contributed by atoms with Gasteiger partial charge in [0.2, 0.25) is 5.91 Å². The maximum Gasteiger partial charge on any atom is 0.222 e. The van der Waals surface area contributed by atoms with E-state index in [1.165, 1.54) is 6.33 Å². The highest BCUT2D eigenvalue weighted by Gasteiger charge is 2.11. The van der Waals surface area contributed by atoms with Crippen LogP contribution in [0.25, 0.3) is 0 Å². The second-order valence-corrected chi connectivity index (χ2v) is 3.81. The highest BCUT2D eigenvalue weighted by Crippen LogP contribution is 2.04. The first-order valence-corrected chi connectivity index (χ1v) is 5.56. The molecule has 1 rings (SSSR count). The molecule has 6 heteroatoms. The summed E-state index contributed by atoms with van der Waals surface area (Å²) < 4.78 is 0. The lowest BCUT2D eigenvalue weighted by Gasteiger charge is -2.10. The van der Waals surface area contributed by atoms with Gasteiger partial charge in [-0.3, -0.25) is 9.89 Å². The summed E-state index contributed by atoms with van der Waals surface area (Å²) in [7, 11) is 0. The van der Waals surface area contributed by atoms with Gasteiger partial charge < -0.3 is 11.1 Å². The minimum atomic E-state index is 0.0262. The Morgan fingerprint density at radius 3 is 3.12 bits per heavy atom. The van der Waals surface area contributed by atoms with E-state index >= 15 is 0 Å². The summed E-state index contributed by atoms with van der Waals surface area (Å²) >= 11 is 0. The van der Waals surface area contributed by atoms with Crippen molar-refractivity contribution < 1.29 is 4.79 Å². The van der Waals surface area contributed by atoms with Gasteiger partial charge in [-0.1, -0.05) is 6.92 Å². The summed E-state index contributed by atoms with van der Waals surface area (Å²) in [5.41, 5.74) is 5.39. The van der Waals surface area contributed by atoms with Gasteiger partial charge in [0.1, 0.15) is 12.2 Å². The zero-order valence-electron chi connectivity index (χ0n) is 9.57. The number of nitrogens with one attached hydrogen (secondary N) is 2. The third-order valence-corrected chi connectivity index (χ3v) is 2.41. The normalized spacial score (nSPS) is 12.4. The second kappa shape index (κ2) is 6.95. The van der Waals surface area contributed by atoms with Crippen molar-refractivity contribution in [2.45, 2.75) is 26.2 Å². The van der Waals surface area contributed by atoms with E-state index in [1.807, 2.05) is 6.92 Å². The van der Waals surface area contributed by atoms with Gasteiger partial charge in [0.05, 0.1) is 0 Å². The van der Waals surface area contributed by atoms with E-state index < -0.39 is 0 Å². The SMILES string of the molecule is CC(CCCN)C(=O)NCCc1ncn[nH]1. The summed E-state index contributed by atoms with van der Waals surface area (Å²) in [5.74, 6) is 0.890. The van der Waals surface area contributed by atoms with Crippen molar-refractivity contribution in [1.82, 2.24) is 20.5 Å². The fraction of sp³-hybridized carbons (Fsp3) is 0.700. The first-order chi connectivity index (χ1) is 7.74. The lowest BCUT2D eigenvalue weighted by Crippen LogP contribution is -2.31. The minimum Gasteiger partial charge on any atom is -0.355 e. The lowest BCUT2D eigenvalue weighted by atomic mass is 10.1. The Balaban J connectivity index is 2.14. The third kappa shape index (κ3) is 4.39. The standard InChI is InChI=1S/C10H19N5O/c1-8(3-2-5-11)10(16)12-6-4-9-13-7-14-15-9/h7-8H,2-6,11H2,1H3,(H,12,16)(H,13,14,15). The van der Waals surface area contributed by atoms with Gasteiger partial charge >= 0.3 is 0 Å². The summed E-state index contributed by atoms with van der Waals surface area (Å²) in [4.78, 5) is 15.6. The topological polar surface area (TPSA) is 96.7 Å². The Hall–Kier alpha value is -1.43. The molecule has 1 unspecified atom stereocenters. The van der Waals surface area contributed by atoms with Gasteiger partial charge in [-0.05, 0) is 19.4 Å². The molecule has 0 aliphatic rings. The number of hydrogen-bond donors (Lipinski definition) is 3. The summed E-state index contributed by atoms with van der Waals surface area (Å²) in [6, 6.07) is 0. The van der Waals surface area contributed by atoms with Crippen molar-refractivity contribution in [1.29, 1.82) is 0 Å². The van der Waals surface area contributed by atoms with Crippen LogP contribution < -0.4 is 11.1 Å². The van der Waals surface area contributed by atoms with E-state index in [4.69, 9.17) is 5.73 Å². The third-order valence-electron chi connectivity index (χ3n) is 2.41. The molecule has 1 aromatic heterocycles. The fourth-order valence-electron chi connectivity index (χ4n) is 1.38. The first-order valence-electron chi connectivity index (χ1n) is 5.56. The van der Waals surface area contributed by atoms with Crippen molar-refractivity contribution in [3.05, 3.63) is 12.2 Å². The van der Waals surface area contributed by atoms with Crippen molar-refractivity contribution in [3.8, 4) is 0 Å². The van der Waals surface area contributed by atoms with Crippen molar-refractivity contribution in [2.24, 2.45) is 11.7 Å². The number of aromatic nitrogens is 3. The first kappa shape index (κ1) is 12.6. The van der Waals surface area contributed by atoms with Gasteiger partial charge in [0.25, 0.3) is 0 Å². The van der Waals surface area contributed by atoms with E-state index in [2.05, 4.69) is 20.5 Å². The van der Waals surface area contributed by atoms with Crippen molar-refractivity contribution in [3.63, 3.8) is 0 Å². The Morgan fingerprint density at radius 2 is 2.50 bits per heavy atom. The predicted octanol–water partition coefficient (Wildman–Crippen LogP) is -0.162. The molecule has 0 fully saturated rings. The number of rotatable bonds is 7. The molecule has 1 aromatic rings. The van der Waals surface area contributed by atoms with Crippen LogP contribution in [0.2, 0.25) is 0 Å². The molecule has 0 radical (unpaired) electrons. The van der Waals surface area contributed by atoms with Crippen LogP contribution in [-0.2, 0) is 11.2 Å². The molecule has 1 heterocycles. The zero-order chi connectivity index (χ0) is 11.8. The van der Waals surface area contributed by atoms with Crippen molar-refractivity contribution >= 4 is 5.91 Å². The van der Waals surface area contributed by atoms with Crippen LogP contribution >= 0.6 is 0 Å². The summed E-state index contributed by atoms with van der Waals surface area (Å²) in [6.07, 6.45) is 3.86. The highest BCUT2D eigenvalue weighted by atomic mass is 16.1. The number of aromatic amines is 1.